The number of carbonyl (C=O) groups excluding carboxylic acids is 3. The van der Waals surface area contributed by atoms with Crippen molar-refractivity contribution < 1.29 is 52.2 Å². The van der Waals surface area contributed by atoms with Crippen LogP contribution in [0.5, 0.6) is 0 Å². The fourth-order valence-electron chi connectivity index (χ4n) is 7.99. The minimum Gasteiger partial charge on any atom is -0.462 e. The summed E-state index contributed by atoms with van der Waals surface area (Å²) in [6, 6.07) is 0. The number of phosphoric acid groups is 1. The third-order valence-corrected chi connectivity index (χ3v) is 13.3. The van der Waals surface area contributed by atoms with Gasteiger partial charge in [-0.15, -0.1) is 0 Å². The van der Waals surface area contributed by atoms with Crippen LogP contribution in [0, 0.1) is 0 Å². The second-order valence-corrected chi connectivity index (χ2v) is 20.6. The van der Waals surface area contributed by atoms with E-state index in [-0.39, 0.29) is 25.9 Å². The highest BCUT2D eigenvalue weighted by Crippen LogP contribution is 2.43. The van der Waals surface area contributed by atoms with Gasteiger partial charge in [-0.3, -0.25) is 23.4 Å². The zero-order valence-electron chi connectivity index (χ0n) is 44.1. The Morgan fingerprint density at radius 1 is 0.397 bits per heavy atom. The van der Waals surface area contributed by atoms with E-state index >= 15 is 0 Å². The lowest BCUT2D eigenvalue weighted by Crippen LogP contribution is -2.30. The molecule has 400 valence electrons. The van der Waals surface area contributed by atoms with Crippen molar-refractivity contribution in [1.82, 2.24) is 0 Å². The van der Waals surface area contributed by atoms with Gasteiger partial charge in [-0.25, -0.2) is 4.57 Å². The third-order valence-electron chi connectivity index (χ3n) is 12.3. The summed E-state index contributed by atoms with van der Waals surface area (Å²) in [5.41, 5.74) is 0. The van der Waals surface area contributed by atoms with Crippen molar-refractivity contribution in [2.24, 2.45) is 0 Å². The molecule has 68 heavy (non-hydrogen) atoms. The highest BCUT2D eigenvalue weighted by molar-refractivity contribution is 7.47. The lowest BCUT2D eigenvalue weighted by molar-refractivity contribution is -0.161. The molecule has 0 aliphatic rings. The lowest BCUT2D eigenvalue weighted by atomic mass is 10.1. The highest BCUT2D eigenvalue weighted by atomic mass is 31.2. The van der Waals surface area contributed by atoms with Crippen molar-refractivity contribution >= 4 is 25.7 Å². The second kappa shape index (κ2) is 51.3. The molecular formula is C56H105O11P. The number of aliphatic hydroxyl groups excluding tert-OH is 1. The molecule has 0 amide bonds. The Morgan fingerprint density at radius 3 is 1.03 bits per heavy atom. The van der Waals surface area contributed by atoms with E-state index in [2.05, 4.69) is 45.1 Å². The Kier molecular flexibility index (Phi) is 49.8. The molecule has 0 aliphatic carbocycles. The number of aliphatic hydroxyl groups is 1. The van der Waals surface area contributed by atoms with Crippen LogP contribution in [-0.2, 0) is 42.2 Å². The first-order valence-electron chi connectivity index (χ1n) is 28.2. The van der Waals surface area contributed by atoms with Crippen LogP contribution in [-0.4, -0.2) is 66.5 Å². The molecule has 0 aromatic heterocycles. The van der Waals surface area contributed by atoms with Crippen molar-refractivity contribution in [3.05, 3.63) is 24.3 Å². The van der Waals surface area contributed by atoms with Crippen LogP contribution in [0.2, 0.25) is 0 Å². The zero-order valence-corrected chi connectivity index (χ0v) is 45.0. The van der Waals surface area contributed by atoms with Crippen LogP contribution in [0.1, 0.15) is 278 Å². The van der Waals surface area contributed by atoms with Crippen molar-refractivity contribution in [3.63, 3.8) is 0 Å². The molecule has 3 unspecified atom stereocenters. The first kappa shape index (κ1) is 66.0. The van der Waals surface area contributed by atoms with Gasteiger partial charge in [0, 0.05) is 19.3 Å². The fraction of sp³-hybridized carbons (Fsp3) is 0.875. The number of hydrogen-bond donors (Lipinski definition) is 2. The smallest absolute Gasteiger partial charge is 0.462 e. The van der Waals surface area contributed by atoms with Gasteiger partial charge in [-0.05, 0) is 70.6 Å². The number of rotatable bonds is 53. The molecule has 0 rings (SSSR count). The predicted molar refractivity (Wildman–Crippen MR) is 280 cm³/mol. The Bertz CT molecular complexity index is 1240. The van der Waals surface area contributed by atoms with E-state index in [0.717, 1.165) is 83.5 Å². The zero-order chi connectivity index (χ0) is 49.9. The van der Waals surface area contributed by atoms with Gasteiger partial charge < -0.3 is 24.2 Å². The normalized spacial score (nSPS) is 13.5. The van der Waals surface area contributed by atoms with E-state index in [4.69, 9.17) is 23.3 Å². The topological polar surface area (TPSA) is 155 Å². The maximum atomic E-state index is 12.9. The number of ether oxygens (including phenoxy) is 3. The van der Waals surface area contributed by atoms with Crippen LogP contribution in [0.15, 0.2) is 24.3 Å². The van der Waals surface area contributed by atoms with Gasteiger partial charge in [0.2, 0.25) is 0 Å². The molecule has 3 atom stereocenters. The molecular weight excluding hydrogens is 880 g/mol. The molecule has 12 heteroatoms. The standard InChI is InChI=1S/C56H105O11P/c1-4-7-10-13-16-19-22-24-25-26-27-29-32-35-38-41-44-47-56(60)67-53(49-63-54(58)45-42-39-36-33-30-21-18-15-12-9-6-3)51-65-68(61,62)64-50-52(48-57)66-55(59)46-43-40-37-34-31-28-23-20-17-14-11-8-5-2/h20,23-25,52-53,57H,4-19,21-22,26-51H2,1-3H3,(H,61,62)/b23-20-,25-24-. The molecule has 0 aromatic carbocycles. The summed E-state index contributed by atoms with van der Waals surface area (Å²) >= 11 is 0. The van der Waals surface area contributed by atoms with Gasteiger partial charge >= 0.3 is 25.7 Å². The number of hydrogen-bond acceptors (Lipinski definition) is 10. The summed E-state index contributed by atoms with van der Waals surface area (Å²) < 4.78 is 39.4. The van der Waals surface area contributed by atoms with Gasteiger partial charge in [0.15, 0.2) is 6.10 Å². The minimum absolute atomic E-state index is 0.167. The fourth-order valence-corrected chi connectivity index (χ4v) is 8.78. The Hall–Kier alpha value is -2.04. The second-order valence-electron chi connectivity index (χ2n) is 19.1. The van der Waals surface area contributed by atoms with Gasteiger partial charge in [0.25, 0.3) is 0 Å². The van der Waals surface area contributed by atoms with E-state index < -0.39 is 57.8 Å². The number of phosphoric ester groups is 1. The highest BCUT2D eigenvalue weighted by Gasteiger charge is 2.28. The van der Waals surface area contributed by atoms with E-state index in [1.165, 1.54) is 135 Å². The molecule has 0 saturated carbocycles. The van der Waals surface area contributed by atoms with E-state index in [9.17, 15) is 28.9 Å². The molecule has 0 aliphatic heterocycles. The summed E-state index contributed by atoms with van der Waals surface area (Å²) in [5, 5.41) is 9.79. The maximum absolute atomic E-state index is 12.9. The van der Waals surface area contributed by atoms with Crippen LogP contribution >= 0.6 is 7.82 Å². The summed E-state index contributed by atoms with van der Waals surface area (Å²) in [7, 11) is -4.74. The molecule has 0 fully saturated rings. The first-order chi connectivity index (χ1) is 33.2. The molecule has 0 bridgehead atoms. The van der Waals surface area contributed by atoms with E-state index in [1.54, 1.807) is 0 Å². The van der Waals surface area contributed by atoms with Gasteiger partial charge in [-0.1, -0.05) is 212 Å². The SMILES string of the molecule is CCCCCC/C=C\CCCCCCCC(=O)OC(CO)COP(=O)(O)OCC(COC(=O)CCCCCCCCCCCCC)OC(=O)CCCCCCCCC/C=C\CCCCCCCC. The van der Waals surface area contributed by atoms with Crippen LogP contribution in [0.3, 0.4) is 0 Å². The lowest BCUT2D eigenvalue weighted by Gasteiger charge is -2.21. The third kappa shape index (κ3) is 49.0. The summed E-state index contributed by atoms with van der Waals surface area (Å²) in [6.07, 6.45) is 49.9. The molecule has 0 radical (unpaired) electrons. The number of allylic oxidation sites excluding steroid dienone is 4. The summed E-state index contributed by atoms with van der Waals surface area (Å²) in [5.74, 6) is -1.46. The predicted octanol–water partition coefficient (Wildman–Crippen LogP) is 16.3. The quantitative estimate of drug-likeness (QED) is 0.0197. The number of esters is 3. The monoisotopic (exact) mass is 985 g/mol. The molecule has 11 nitrogen and oxygen atoms in total. The summed E-state index contributed by atoms with van der Waals surface area (Å²) in [6.45, 7) is 4.63. The number of carbonyl (C=O) groups is 3. The molecule has 2 N–H and O–H groups in total. The Morgan fingerprint density at radius 2 is 0.676 bits per heavy atom. The Balaban J connectivity index is 4.69. The van der Waals surface area contributed by atoms with Crippen molar-refractivity contribution in [2.75, 3.05) is 26.4 Å². The van der Waals surface area contributed by atoms with Gasteiger partial charge in [-0.2, -0.15) is 0 Å². The van der Waals surface area contributed by atoms with Crippen molar-refractivity contribution in [1.29, 1.82) is 0 Å². The average Bonchev–Trinajstić information content (AvgIpc) is 3.32. The average molecular weight is 985 g/mol. The van der Waals surface area contributed by atoms with E-state index in [0.29, 0.717) is 19.3 Å². The van der Waals surface area contributed by atoms with Crippen LogP contribution < -0.4 is 0 Å². The largest absolute Gasteiger partial charge is 0.472 e. The molecule has 0 heterocycles. The molecule has 0 saturated heterocycles. The number of unbranched alkanes of at least 4 members (excludes halogenated alkanes) is 32. The minimum atomic E-state index is -4.74. The van der Waals surface area contributed by atoms with Gasteiger partial charge in [0.05, 0.1) is 19.8 Å². The van der Waals surface area contributed by atoms with Crippen molar-refractivity contribution in [3.8, 4) is 0 Å². The first-order valence-corrected chi connectivity index (χ1v) is 29.7. The molecule has 0 spiro atoms. The summed E-state index contributed by atoms with van der Waals surface area (Å²) in [4.78, 5) is 48.4. The molecule has 0 aromatic rings. The van der Waals surface area contributed by atoms with Crippen LogP contribution in [0.4, 0.5) is 0 Å². The maximum Gasteiger partial charge on any atom is 0.472 e. The Labute approximate surface area is 417 Å². The van der Waals surface area contributed by atoms with Crippen molar-refractivity contribution in [2.45, 2.75) is 290 Å². The van der Waals surface area contributed by atoms with Gasteiger partial charge in [0.1, 0.15) is 12.7 Å². The van der Waals surface area contributed by atoms with Crippen LogP contribution in [0.25, 0.3) is 0 Å². The van der Waals surface area contributed by atoms with E-state index in [1.807, 2.05) is 0 Å².